The largest absolute Gasteiger partial charge is 0.462 e. The topological polar surface area (TPSA) is 95.9 Å². The third-order valence-electron chi connectivity index (χ3n) is 11.7. The van der Waals surface area contributed by atoms with Crippen molar-refractivity contribution in [1.29, 1.82) is 0 Å². The summed E-state index contributed by atoms with van der Waals surface area (Å²) >= 11 is 0. The fourth-order valence-corrected chi connectivity index (χ4v) is 7.90. The highest BCUT2D eigenvalue weighted by Crippen LogP contribution is 2.18. The number of aliphatic hydroxyl groups excluding tert-OH is 2. The van der Waals surface area contributed by atoms with E-state index < -0.39 is 18.2 Å². The number of amides is 1. The zero-order valence-corrected chi connectivity index (χ0v) is 37.3. The van der Waals surface area contributed by atoms with Crippen LogP contribution < -0.4 is 5.32 Å². The Balaban J connectivity index is 4.43. The molecule has 0 heterocycles. The summed E-state index contributed by atoms with van der Waals surface area (Å²) in [5, 5.41) is 23.7. The number of aliphatic hydroxyl groups is 2. The lowest BCUT2D eigenvalue weighted by Gasteiger charge is -2.24. The van der Waals surface area contributed by atoms with Crippen molar-refractivity contribution >= 4 is 11.9 Å². The molecule has 0 aromatic carbocycles. The van der Waals surface area contributed by atoms with Crippen LogP contribution in [0.15, 0.2) is 0 Å². The van der Waals surface area contributed by atoms with E-state index in [2.05, 4.69) is 26.1 Å². The number of unbranched alkanes of at least 4 members (excludes halogenated alkanes) is 33. The molecule has 3 unspecified atom stereocenters. The van der Waals surface area contributed by atoms with Gasteiger partial charge in [0, 0.05) is 6.42 Å². The quantitative estimate of drug-likeness (QED) is 0.0422. The number of carbonyl (C=O) groups excluding carboxylic acids is 2. The summed E-state index contributed by atoms with van der Waals surface area (Å²) in [7, 11) is 0. The highest BCUT2D eigenvalue weighted by atomic mass is 16.5. The molecule has 55 heavy (non-hydrogen) atoms. The summed E-state index contributed by atoms with van der Waals surface area (Å²) in [5.74, 6) is -0.456. The molecule has 3 N–H and O–H groups in total. The highest BCUT2D eigenvalue weighted by Gasteiger charge is 2.24. The van der Waals surface area contributed by atoms with E-state index in [0.29, 0.717) is 19.3 Å². The molecule has 0 fully saturated rings. The van der Waals surface area contributed by atoms with Gasteiger partial charge in [-0.3, -0.25) is 9.59 Å². The lowest BCUT2D eigenvalue weighted by atomic mass is 10.0. The maximum atomic E-state index is 13.1. The number of rotatable bonds is 45. The molecule has 1 amide bonds. The normalized spacial score (nSPS) is 13.2. The fourth-order valence-electron chi connectivity index (χ4n) is 7.90. The molecule has 0 saturated carbocycles. The van der Waals surface area contributed by atoms with Crippen molar-refractivity contribution in [2.75, 3.05) is 6.61 Å². The van der Waals surface area contributed by atoms with Crippen molar-refractivity contribution in [3.8, 4) is 0 Å². The molecule has 3 atom stereocenters. The zero-order valence-electron chi connectivity index (χ0n) is 37.3. The van der Waals surface area contributed by atoms with Crippen LogP contribution in [0.3, 0.4) is 0 Å². The third-order valence-corrected chi connectivity index (χ3v) is 11.7. The summed E-state index contributed by atoms with van der Waals surface area (Å²) in [5.41, 5.74) is 0. The lowest BCUT2D eigenvalue weighted by molar-refractivity contribution is -0.151. The molecule has 6 nitrogen and oxygen atoms in total. The van der Waals surface area contributed by atoms with Crippen LogP contribution in [0.2, 0.25) is 0 Å². The Hall–Kier alpha value is -1.14. The van der Waals surface area contributed by atoms with Gasteiger partial charge in [-0.25, -0.2) is 0 Å². The molecule has 0 radical (unpaired) electrons. The van der Waals surface area contributed by atoms with Crippen molar-refractivity contribution in [1.82, 2.24) is 5.32 Å². The fraction of sp³-hybridized carbons (Fsp3) is 0.959. The molecular formula is C49H97NO5. The SMILES string of the molecule is CCCCCCCCCCCCCCCCC(O)C(CO)NC(=O)CC(CCCCCCCCCCC)OC(=O)CCCCCCCCCCCCCCC. The monoisotopic (exact) mass is 780 g/mol. The Labute approximate surface area is 343 Å². The summed E-state index contributed by atoms with van der Waals surface area (Å²) in [4.78, 5) is 26.0. The summed E-state index contributed by atoms with van der Waals surface area (Å²) in [6.07, 6.45) is 45.9. The number of nitrogens with one attached hydrogen (secondary N) is 1. The van der Waals surface area contributed by atoms with Crippen LogP contribution in [-0.4, -0.2) is 46.9 Å². The van der Waals surface area contributed by atoms with E-state index in [1.807, 2.05) is 0 Å². The summed E-state index contributed by atoms with van der Waals surface area (Å²) < 4.78 is 5.91. The first-order valence-electron chi connectivity index (χ1n) is 24.8. The minimum absolute atomic E-state index is 0.0867. The predicted octanol–water partition coefficient (Wildman–Crippen LogP) is 14.4. The molecule has 6 heteroatoms. The Kier molecular flexibility index (Phi) is 43.1. The van der Waals surface area contributed by atoms with Crippen LogP contribution in [0.25, 0.3) is 0 Å². The van der Waals surface area contributed by atoms with Gasteiger partial charge >= 0.3 is 5.97 Å². The van der Waals surface area contributed by atoms with Crippen molar-refractivity contribution < 1.29 is 24.5 Å². The molecule has 0 saturated heterocycles. The number of esters is 1. The smallest absolute Gasteiger partial charge is 0.306 e. The number of hydrogen-bond acceptors (Lipinski definition) is 5. The Morgan fingerprint density at radius 1 is 0.455 bits per heavy atom. The van der Waals surface area contributed by atoms with Crippen LogP contribution in [0.1, 0.15) is 278 Å². The van der Waals surface area contributed by atoms with Gasteiger partial charge in [0.05, 0.1) is 25.2 Å². The first kappa shape index (κ1) is 53.9. The van der Waals surface area contributed by atoms with Crippen molar-refractivity contribution in [2.45, 2.75) is 296 Å². The van der Waals surface area contributed by atoms with Gasteiger partial charge in [0.25, 0.3) is 0 Å². The van der Waals surface area contributed by atoms with Gasteiger partial charge in [0.1, 0.15) is 6.10 Å². The average Bonchev–Trinajstić information content (AvgIpc) is 3.18. The highest BCUT2D eigenvalue weighted by molar-refractivity contribution is 5.77. The van der Waals surface area contributed by atoms with Crippen LogP contribution in [0.5, 0.6) is 0 Å². The van der Waals surface area contributed by atoms with Gasteiger partial charge in [-0.05, 0) is 25.7 Å². The minimum atomic E-state index is -0.778. The Morgan fingerprint density at radius 2 is 0.764 bits per heavy atom. The number of carbonyl (C=O) groups is 2. The zero-order chi connectivity index (χ0) is 40.3. The summed E-state index contributed by atoms with van der Waals surface area (Å²) in [6, 6.07) is -0.690. The predicted molar refractivity (Wildman–Crippen MR) is 237 cm³/mol. The van der Waals surface area contributed by atoms with Crippen LogP contribution in [0.4, 0.5) is 0 Å². The second kappa shape index (κ2) is 44.0. The molecule has 0 aliphatic carbocycles. The third kappa shape index (κ3) is 39.5. The van der Waals surface area contributed by atoms with Gasteiger partial charge in [-0.15, -0.1) is 0 Å². The summed E-state index contributed by atoms with van der Waals surface area (Å²) in [6.45, 7) is 6.49. The van der Waals surface area contributed by atoms with Gasteiger partial charge in [-0.2, -0.15) is 0 Å². The molecule has 328 valence electrons. The van der Waals surface area contributed by atoms with E-state index in [-0.39, 0.29) is 24.9 Å². The second-order valence-corrected chi connectivity index (χ2v) is 17.2. The molecule has 0 bridgehead atoms. The molecule has 0 aromatic rings. The lowest BCUT2D eigenvalue weighted by Crippen LogP contribution is -2.46. The molecule has 0 aliphatic heterocycles. The first-order valence-corrected chi connectivity index (χ1v) is 24.8. The van der Waals surface area contributed by atoms with E-state index in [9.17, 15) is 19.8 Å². The van der Waals surface area contributed by atoms with Gasteiger partial charge in [0.15, 0.2) is 0 Å². The van der Waals surface area contributed by atoms with Gasteiger partial charge in [-0.1, -0.05) is 239 Å². The van der Waals surface area contributed by atoms with E-state index in [1.54, 1.807) is 0 Å². The average molecular weight is 780 g/mol. The van der Waals surface area contributed by atoms with Crippen molar-refractivity contribution in [2.24, 2.45) is 0 Å². The maximum Gasteiger partial charge on any atom is 0.306 e. The van der Waals surface area contributed by atoms with Gasteiger partial charge < -0.3 is 20.3 Å². The van der Waals surface area contributed by atoms with Gasteiger partial charge in [0.2, 0.25) is 5.91 Å². The van der Waals surface area contributed by atoms with E-state index in [1.165, 1.54) is 186 Å². The standard InChI is InChI=1S/C49H97NO5/c1-4-7-10-13-16-19-21-23-25-26-29-32-35-38-41-47(52)46(44-51)50-48(53)43-45(40-37-34-31-28-18-15-12-9-6-3)55-49(54)42-39-36-33-30-27-24-22-20-17-14-11-8-5-2/h45-47,51-52H,4-44H2,1-3H3,(H,50,53). The number of hydrogen-bond donors (Lipinski definition) is 3. The van der Waals surface area contributed by atoms with E-state index in [0.717, 1.165) is 44.9 Å². The van der Waals surface area contributed by atoms with E-state index in [4.69, 9.17) is 4.74 Å². The van der Waals surface area contributed by atoms with Crippen LogP contribution in [0, 0.1) is 0 Å². The maximum absolute atomic E-state index is 13.1. The first-order chi connectivity index (χ1) is 27.0. The van der Waals surface area contributed by atoms with Crippen molar-refractivity contribution in [3.05, 3.63) is 0 Å². The molecule has 0 spiro atoms. The Morgan fingerprint density at radius 3 is 1.11 bits per heavy atom. The molecule has 0 aromatic heterocycles. The minimum Gasteiger partial charge on any atom is -0.462 e. The molecule has 0 rings (SSSR count). The van der Waals surface area contributed by atoms with E-state index >= 15 is 0 Å². The van der Waals surface area contributed by atoms with Crippen LogP contribution >= 0.6 is 0 Å². The van der Waals surface area contributed by atoms with Crippen molar-refractivity contribution in [3.63, 3.8) is 0 Å². The van der Waals surface area contributed by atoms with Crippen LogP contribution in [-0.2, 0) is 14.3 Å². The number of ether oxygens (including phenoxy) is 1. The second-order valence-electron chi connectivity index (χ2n) is 17.2. The Bertz CT molecular complexity index is 791. The molecule has 0 aliphatic rings. The molecular weight excluding hydrogens is 683 g/mol.